The largest absolute Gasteiger partial charge is 0.383 e. The van der Waals surface area contributed by atoms with Crippen molar-refractivity contribution >= 4 is 29.2 Å². The van der Waals surface area contributed by atoms with Crippen LogP contribution in [0.4, 0.5) is 0 Å². The zero-order chi connectivity index (χ0) is 17.5. The number of amides is 1. The van der Waals surface area contributed by atoms with E-state index in [1.807, 2.05) is 33.7 Å². The third-order valence-corrected chi connectivity index (χ3v) is 4.39. The molecule has 0 saturated heterocycles. The van der Waals surface area contributed by atoms with Gasteiger partial charge in [0.25, 0.3) is 0 Å². The van der Waals surface area contributed by atoms with Crippen LogP contribution in [0.1, 0.15) is 32.4 Å². The lowest BCUT2D eigenvalue weighted by atomic mass is 10.1. The summed E-state index contributed by atoms with van der Waals surface area (Å²) in [6.07, 6.45) is 7.00. The maximum Gasteiger partial charge on any atom is 0.246 e. The zero-order valence-corrected chi connectivity index (χ0v) is 15.2. The monoisotopic (exact) mass is 349 g/mol. The fourth-order valence-electron chi connectivity index (χ4n) is 2.77. The summed E-state index contributed by atoms with van der Waals surface area (Å²) < 4.78 is 7.00. The van der Waals surface area contributed by atoms with Gasteiger partial charge in [-0.2, -0.15) is 0 Å². The third-order valence-electron chi connectivity index (χ3n) is 4.11. The summed E-state index contributed by atoms with van der Waals surface area (Å²) in [5, 5.41) is 0.385. The van der Waals surface area contributed by atoms with Crippen molar-refractivity contribution in [2.75, 3.05) is 20.3 Å². The van der Waals surface area contributed by atoms with Gasteiger partial charge in [-0.3, -0.25) is 9.20 Å². The number of rotatable bonds is 8. The number of pyridine rings is 1. The molecule has 0 aromatic carbocycles. The molecule has 0 fully saturated rings. The minimum atomic E-state index is -0.0392. The van der Waals surface area contributed by atoms with E-state index in [0.717, 1.165) is 18.5 Å². The van der Waals surface area contributed by atoms with E-state index >= 15 is 0 Å². The summed E-state index contributed by atoms with van der Waals surface area (Å²) in [7, 11) is 1.64. The number of nitrogens with zero attached hydrogens (tertiary/aromatic N) is 3. The van der Waals surface area contributed by atoms with Crippen molar-refractivity contribution in [2.24, 2.45) is 0 Å². The van der Waals surface area contributed by atoms with Gasteiger partial charge in [0.05, 0.1) is 12.3 Å². The molecule has 0 aliphatic heterocycles. The Labute approximate surface area is 147 Å². The Morgan fingerprint density at radius 2 is 2.17 bits per heavy atom. The summed E-state index contributed by atoms with van der Waals surface area (Å²) in [4.78, 5) is 18.8. The number of hydrogen-bond donors (Lipinski definition) is 0. The molecule has 1 amide bonds. The van der Waals surface area contributed by atoms with Crippen molar-refractivity contribution in [2.45, 2.75) is 32.7 Å². The maximum absolute atomic E-state index is 12.7. The van der Waals surface area contributed by atoms with Gasteiger partial charge in [-0.25, -0.2) is 4.98 Å². The Balaban J connectivity index is 2.23. The van der Waals surface area contributed by atoms with Crippen LogP contribution in [0.5, 0.6) is 0 Å². The molecular weight excluding hydrogens is 326 g/mol. The average molecular weight is 350 g/mol. The molecule has 0 atom stereocenters. The number of halogens is 1. The Bertz CT molecular complexity index is 707. The van der Waals surface area contributed by atoms with Gasteiger partial charge in [0.2, 0.25) is 5.91 Å². The second-order valence-electron chi connectivity index (χ2n) is 5.54. The summed E-state index contributed by atoms with van der Waals surface area (Å²) in [5.74, 6) is -0.0392. The standard InChI is InChI=1S/C18H24ClN3O2/c1-4-14(5-2)21(12-13-24-3)17(23)10-9-15-18(19)20-16-8-6-7-11-22(15)16/h6-11,14H,4-5,12-13H2,1-3H3/b10-9+. The maximum atomic E-state index is 12.7. The van der Waals surface area contributed by atoms with Gasteiger partial charge < -0.3 is 9.64 Å². The van der Waals surface area contributed by atoms with E-state index < -0.39 is 0 Å². The second kappa shape index (κ2) is 8.85. The SMILES string of the molecule is CCC(CC)N(CCOC)C(=O)/C=C/c1c(Cl)nc2ccccn12. The number of ether oxygens (including phenoxy) is 1. The van der Waals surface area contributed by atoms with E-state index in [2.05, 4.69) is 18.8 Å². The highest BCUT2D eigenvalue weighted by Crippen LogP contribution is 2.19. The lowest BCUT2D eigenvalue weighted by molar-refractivity contribution is -0.129. The molecule has 5 nitrogen and oxygen atoms in total. The molecule has 0 aliphatic carbocycles. The number of methoxy groups -OCH3 is 1. The predicted octanol–water partition coefficient (Wildman–Crippen LogP) is 3.66. The van der Waals surface area contributed by atoms with Crippen molar-refractivity contribution in [3.05, 3.63) is 41.3 Å². The highest BCUT2D eigenvalue weighted by molar-refractivity contribution is 6.31. The lowest BCUT2D eigenvalue weighted by Gasteiger charge is -2.29. The third kappa shape index (κ3) is 4.16. The van der Waals surface area contributed by atoms with Crippen LogP contribution in [0, 0.1) is 0 Å². The first kappa shape index (κ1) is 18.5. The van der Waals surface area contributed by atoms with Gasteiger partial charge in [0.1, 0.15) is 5.65 Å². The van der Waals surface area contributed by atoms with E-state index in [-0.39, 0.29) is 11.9 Å². The highest BCUT2D eigenvalue weighted by Gasteiger charge is 2.19. The number of hydrogen-bond acceptors (Lipinski definition) is 3. The Hall–Kier alpha value is -1.85. The number of carbonyl (C=O) groups is 1. The number of aromatic nitrogens is 2. The van der Waals surface area contributed by atoms with Crippen molar-refractivity contribution < 1.29 is 9.53 Å². The fourth-order valence-corrected chi connectivity index (χ4v) is 3.01. The van der Waals surface area contributed by atoms with Crippen LogP contribution in [0.15, 0.2) is 30.5 Å². The zero-order valence-electron chi connectivity index (χ0n) is 14.4. The van der Waals surface area contributed by atoms with Gasteiger partial charge >= 0.3 is 0 Å². The van der Waals surface area contributed by atoms with Gasteiger partial charge in [-0.1, -0.05) is 31.5 Å². The van der Waals surface area contributed by atoms with Crippen LogP contribution in [0.3, 0.4) is 0 Å². The molecule has 0 aliphatic rings. The molecule has 2 rings (SSSR count). The first-order valence-corrected chi connectivity index (χ1v) is 8.60. The molecular formula is C18H24ClN3O2. The molecule has 0 unspecified atom stereocenters. The first-order chi connectivity index (χ1) is 11.6. The predicted molar refractivity (Wildman–Crippen MR) is 97.2 cm³/mol. The van der Waals surface area contributed by atoms with Gasteiger partial charge in [0, 0.05) is 32.0 Å². The number of carbonyl (C=O) groups excluding carboxylic acids is 1. The molecule has 2 aromatic rings. The molecule has 24 heavy (non-hydrogen) atoms. The van der Waals surface area contributed by atoms with E-state index in [0.29, 0.717) is 24.0 Å². The molecule has 0 radical (unpaired) electrons. The molecule has 0 spiro atoms. The van der Waals surface area contributed by atoms with Crippen LogP contribution in [-0.2, 0) is 9.53 Å². The lowest BCUT2D eigenvalue weighted by Crippen LogP contribution is -2.40. The van der Waals surface area contributed by atoms with Crippen LogP contribution in [0.25, 0.3) is 11.7 Å². The summed E-state index contributed by atoms with van der Waals surface area (Å²) in [5.41, 5.74) is 1.46. The van der Waals surface area contributed by atoms with Crippen molar-refractivity contribution in [1.82, 2.24) is 14.3 Å². The Morgan fingerprint density at radius 1 is 1.42 bits per heavy atom. The first-order valence-electron chi connectivity index (χ1n) is 8.22. The van der Waals surface area contributed by atoms with Crippen LogP contribution in [-0.4, -0.2) is 46.5 Å². The number of fused-ring (bicyclic) bond motifs is 1. The quantitative estimate of drug-likeness (QED) is 0.683. The van der Waals surface area contributed by atoms with Crippen LogP contribution < -0.4 is 0 Å². The van der Waals surface area contributed by atoms with Crippen LogP contribution >= 0.6 is 11.6 Å². The van der Waals surface area contributed by atoms with Crippen molar-refractivity contribution in [3.8, 4) is 0 Å². The molecule has 130 valence electrons. The molecule has 0 saturated carbocycles. The molecule has 0 N–H and O–H groups in total. The van der Waals surface area contributed by atoms with E-state index in [9.17, 15) is 4.79 Å². The van der Waals surface area contributed by atoms with E-state index in [4.69, 9.17) is 16.3 Å². The van der Waals surface area contributed by atoms with Crippen molar-refractivity contribution in [1.29, 1.82) is 0 Å². The normalized spacial score (nSPS) is 11.7. The van der Waals surface area contributed by atoms with Gasteiger partial charge in [-0.15, -0.1) is 0 Å². The summed E-state index contributed by atoms with van der Waals surface area (Å²) in [6.45, 7) is 5.28. The average Bonchev–Trinajstić information content (AvgIpc) is 2.91. The Kier molecular flexibility index (Phi) is 6.82. The Morgan fingerprint density at radius 3 is 2.83 bits per heavy atom. The van der Waals surface area contributed by atoms with Gasteiger partial charge in [0.15, 0.2) is 5.15 Å². The highest BCUT2D eigenvalue weighted by atomic mass is 35.5. The topological polar surface area (TPSA) is 46.8 Å². The molecule has 6 heteroatoms. The minimum Gasteiger partial charge on any atom is -0.383 e. The van der Waals surface area contributed by atoms with Crippen LogP contribution in [0.2, 0.25) is 5.15 Å². The van der Waals surface area contributed by atoms with Crippen molar-refractivity contribution in [3.63, 3.8) is 0 Å². The molecule has 2 heterocycles. The fraction of sp³-hybridized carbons (Fsp3) is 0.444. The number of imidazole rings is 1. The van der Waals surface area contributed by atoms with E-state index in [1.165, 1.54) is 0 Å². The molecule has 0 bridgehead atoms. The van der Waals surface area contributed by atoms with E-state index in [1.54, 1.807) is 19.3 Å². The minimum absolute atomic E-state index is 0.0392. The summed E-state index contributed by atoms with van der Waals surface area (Å²) >= 11 is 6.20. The molecule has 2 aromatic heterocycles. The summed E-state index contributed by atoms with van der Waals surface area (Å²) in [6, 6.07) is 5.88. The smallest absolute Gasteiger partial charge is 0.246 e. The second-order valence-corrected chi connectivity index (χ2v) is 5.90. The van der Waals surface area contributed by atoms with Gasteiger partial charge in [-0.05, 0) is 31.1 Å².